The summed E-state index contributed by atoms with van der Waals surface area (Å²) < 4.78 is 5.28. The van der Waals surface area contributed by atoms with Crippen molar-refractivity contribution in [2.75, 3.05) is 31.6 Å². The number of anilines is 1. The highest BCUT2D eigenvalue weighted by Crippen LogP contribution is 2.13. The SMILES string of the molecule is Cc1ccc(NC(=O)CC2N=C(N3CCOCC3)NC2=O)cc1. The average Bonchev–Trinajstić information content (AvgIpc) is 2.91. The van der Waals surface area contributed by atoms with Crippen LogP contribution in [0.15, 0.2) is 29.3 Å². The van der Waals surface area contributed by atoms with Gasteiger partial charge in [0.15, 0.2) is 0 Å². The van der Waals surface area contributed by atoms with Crippen LogP contribution in [-0.4, -0.2) is 55.0 Å². The third-order valence-corrected chi connectivity index (χ3v) is 3.84. The number of nitrogens with one attached hydrogen (secondary N) is 2. The van der Waals surface area contributed by atoms with Crippen molar-refractivity contribution < 1.29 is 14.3 Å². The van der Waals surface area contributed by atoms with E-state index in [-0.39, 0.29) is 18.2 Å². The quantitative estimate of drug-likeness (QED) is 0.851. The molecule has 2 amide bonds. The van der Waals surface area contributed by atoms with Crippen molar-refractivity contribution >= 4 is 23.5 Å². The highest BCUT2D eigenvalue weighted by Gasteiger charge is 2.31. The summed E-state index contributed by atoms with van der Waals surface area (Å²) in [5, 5.41) is 5.54. The van der Waals surface area contributed by atoms with Gasteiger partial charge in [0, 0.05) is 18.8 Å². The molecule has 0 aliphatic carbocycles. The minimum atomic E-state index is -0.668. The summed E-state index contributed by atoms with van der Waals surface area (Å²) in [5.41, 5.74) is 1.84. The maximum absolute atomic E-state index is 12.1. The van der Waals surface area contributed by atoms with Gasteiger partial charge in [-0.2, -0.15) is 0 Å². The molecular formula is C16H20N4O3. The maximum Gasteiger partial charge on any atom is 0.252 e. The van der Waals surface area contributed by atoms with Crippen LogP contribution in [0.2, 0.25) is 0 Å². The van der Waals surface area contributed by atoms with Gasteiger partial charge in [-0.25, -0.2) is 4.99 Å². The number of guanidine groups is 1. The molecule has 0 radical (unpaired) electrons. The summed E-state index contributed by atoms with van der Waals surface area (Å²) in [5.74, 6) is 0.0953. The molecule has 2 N–H and O–H groups in total. The minimum absolute atomic E-state index is 0.0353. The van der Waals surface area contributed by atoms with Crippen LogP contribution in [-0.2, 0) is 14.3 Å². The summed E-state index contributed by atoms with van der Waals surface area (Å²) in [4.78, 5) is 30.4. The van der Waals surface area contributed by atoms with E-state index in [2.05, 4.69) is 15.6 Å². The van der Waals surface area contributed by atoms with Gasteiger partial charge in [-0.3, -0.25) is 14.9 Å². The summed E-state index contributed by atoms with van der Waals surface area (Å²) in [6.07, 6.45) is 0.0353. The molecule has 122 valence electrons. The lowest BCUT2D eigenvalue weighted by molar-refractivity contribution is -0.124. The predicted molar refractivity (Wildman–Crippen MR) is 86.2 cm³/mol. The molecule has 23 heavy (non-hydrogen) atoms. The van der Waals surface area contributed by atoms with Crippen LogP contribution in [0.25, 0.3) is 0 Å². The van der Waals surface area contributed by atoms with Gasteiger partial charge in [0.1, 0.15) is 6.04 Å². The number of rotatable bonds is 3. The highest BCUT2D eigenvalue weighted by molar-refractivity contribution is 6.07. The zero-order chi connectivity index (χ0) is 16.2. The monoisotopic (exact) mass is 316 g/mol. The van der Waals surface area contributed by atoms with Crippen LogP contribution in [0, 0.1) is 6.92 Å². The van der Waals surface area contributed by atoms with Crippen molar-refractivity contribution in [2.45, 2.75) is 19.4 Å². The largest absolute Gasteiger partial charge is 0.378 e. The summed E-state index contributed by atoms with van der Waals surface area (Å²) >= 11 is 0. The molecule has 1 aromatic carbocycles. The third-order valence-electron chi connectivity index (χ3n) is 3.84. The van der Waals surface area contributed by atoms with Crippen molar-refractivity contribution in [1.29, 1.82) is 0 Å². The molecule has 2 heterocycles. The van der Waals surface area contributed by atoms with E-state index in [4.69, 9.17) is 4.74 Å². The summed E-state index contributed by atoms with van der Waals surface area (Å²) in [7, 11) is 0. The fourth-order valence-corrected chi connectivity index (χ4v) is 2.53. The molecule has 1 saturated heterocycles. The Bertz CT molecular complexity index is 621. The van der Waals surface area contributed by atoms with E-state index in [0.717, 1.165) is 11.3 Å². The van der Waals surface area contributed by atoms with Gasteiger partial charge in [0.2, 0.25) is 11.9 Å². The fourth-order valence-electron chi connectivity index (χ4n) is 2.53. The van der Waals surface area contributed by atoms with Gasteiger partial charge in [-0.1, -0.05) is 17.7 Å². The number of hydrogen-bond acceptors (Lipinski definition) is 5. The highest BCUT2D eigenvalue weighted by atomic mass is 16.5. The Labute approximate surface area is 134 Å². The normalized spacial score (nSPS) is 20.9. The topological polar surface area (TPSA) is 83.0 Å². The first-order valence-corrected chi connectivity index (χ1v) is 7.70. The lowest BCUT2D eigenvalue weighted by Crippen LogP contribution is -2.46. The Morgan fingerprint density at radius 1 is 1.35 bits per heavy atom. The molecule has 1 aromatic rings. The standard InChI is InChI=1S/C16H20N4O3/c1-11-2-4-12(5-3-11)17-14(21)10-13-15(22)19-16(18-13)20-6-8-23-9-7-20/h2-5,13H,6-10H2,1H3,(H,17,21)(H,18,19,22). The molecule has 1 fully saturated rings. The molecule has 0 bridgehead atoms. The zero-order valence-corrected chi connectivity index (χ0v) is 13.0. The number of carbonyl (C=O) groups excluding carboxylic acids is 2. The number of aliphatic imine (C=N–C) groups is 1. The molecule has 0 aromatic heterocycles. The van der Waals surface area contributed by atoms with Crippen LogP contribution in [0.4, 0.5) is 5.69 Å². The van der Waals surface area contributed by atoms with E-state index in [9.17, 15) is 9.59 Å². The number of hydrogen-bond donors (Lipinski definition) is 2. The lowest BCUT2D eigenvalue weighted by atomic mass is 10.2. The first-order valence-electron chi connectivity index (χ1n) is 7.70. The van der Waals surface area contributed by atoms with E-state index in [1.165, 1.54) is 0 Å². The number of amides is 2. The van der Waals surface area contributed by atoms with Crippen LogP contribution >= 0.6 is 0 Å². The van der Waals surface area contributed by atoms with E-state index in [1.54, 1.807) is 0 Å². The van der Waals surface area contributed by atoms with Crippen molar-refractivity contribution in [3.05, 3.63) is 29.8 Å². The van der Waals surface area contributed by atoms with E-state index >= 15 is 0 Å². The molecule has 7 heteroatoms. The second-order valence-corrected chi connectivity index (χ2v) is 5.68. The van der Waals surface area contributed by atoms with Crippen LogP contribution in [0.5, 0.6) is 0 Å². The minimum Gasteiger partial charge on any atom is -0.378 e. The van der Waals surface area contributed by atoms with Crippen molar-refractivity contribution in [2.24, 2.45) is 4.99 Å². The lowest BCUT2D eigenvalue weighted by Gasteiger charge is -2.27. The predicted octanol–water partition coefficient (Wildman–Crippen LogP) is 0.510. The summed E-state index contributed by atoms with van der Waals surface area (Å²) in [6.45, 7) is 4.61. The molecule has 7 nitrogen and oxygen atoms in total. The van der Waals surface area contributed by atoms with Gasteiger partial charge in [0.05, 0.1) is 19.6 Å². The van der Waals surface area contributed by atoms with E-state index in [1.807, 2.05) is 36.1 Å². The fraction of sp³-hybridized carbons (Fsp3) is 0.438. The molecule has 3 rings (SSSR count). The number of carbonyl (C=O) groups is 2. The second-order valence-electron chi connectivity index (χ2n) is 5.68. The van der Waals surface area contributed by atoms with Gasteiger partial charge >= 0.3 is 0 Å². The molecule has 1 unspecified atom stereocenters. The van der Waals surface area contributed by atoms with Gasteiger partial charge in [0.25, 0.3) is 5.91 Å². The zero-order valence-electron chi connectivity index (χ0n) is 13.0. The average molecular weight is 316 g/mol. The van der Waals surface area contributed by atoms with Crippen LogP contribution < -0.4 is 10.6 Å². The molecule has 0 saturated carbocycles. The molecule has 1 atom stereocenters. The number of nitrogens with zero attached hydrogens (tertiary/aromatic N) is 2. The summed E-state index contributed by atoms with van der Waals surface area (Å²) in [6, 6.07) is 6.85. The Hall–Kier alpha value is -2.41. The maximum atomic E-state index is 12.1. The smallest absolute Gasteiger partial charge is 0.252 e. The second kappa shape index (κ2) is 6.78. The van der Waals surface area contributed by atoms with E-state index in [0.29, 0.717) is 32.3 Å². The van der Waals surface area contributed by atoms with Gasteiger partial charge < -0.3 is 15.0 Å². The molecule has 2 aliphatic rings. The molecular weight excluding hydrogens is 296 g/mol. The number of morpholine rings is 1. The molecule has 2 aliphatic heterocycles. The van der Waals surface area contributed by atoms with Gasteiger partial charge in [-0.05, 0) is 19.1 Å². The van der Waals surface area contributed by atoms with Crippen molar-refractivity contribution in [1.82, 2.24) is 10.2 Å². The first kappa shape index (κ1) is 15.5. The van der Waals surface area contributed by atoms with Gasteiger partial charge in [-0.15, -0.1) is 0 Å². The van der Waals surface area contributed by atoms with Crippen LogP contribution in [0.3, 0.4) is 0 Å². The Balaban J connectivity index is 1.58. The third kappa shape index (κ3) is 3.87. The van der Waals surface area contributed by atoms with Crippen molar-refractivity contribution in [3.8, 4) is 0 Å². The Morgan fingerprint density at radius 3 is 2.74 bits per heavy atom. The Kier molecular flexibility index (Phi) is 4.57. The van der Waals surface area contributed by atoms with Crippen LogP contribution in [0.1, 0.15) is 12.0 Å². The Morgan fingerprint density at radius 2 is 2.04 bits per heavy atom. The molecule has 0 spiro atoms. The van der Waals surface area contributed by atoms with E-state index < -0.39 is 6.04 Å². The number of aryl methyl sites for hydroxylation is 1. The number of benzene rings is 1. The van der Waals surface area contributed by atoms with Crippen molar-refractivity contribution in [3.63, 3.8) is 0 Å². The number of ether oxygens (including phenoxy) is 1. The first-order chi connectivity index (χ1) is 11.1.